The van der Waals surface area contributed by atoms with E-state index in [1.54, 1.807) is 0 Å². The third-order valence-electron chi connectivity index (χ3n) is 2.56. The molecule has 0 aromatic carbocycles. The van der Waals surface area contributed by atoms with Gasteiger partial charge < -0.3 is 0 Å². The Bertz CT molecular complexity index is 297. The Balaban J connectivity index is 1.99. The number of aromatic nitrogens is 1. The van der Waals surface area contributed by atoms with Crippen molar-refractivity contribution in [3.63, 3.8) is 0 Å². The predicted molar refractivity (Wildman–Crippen MR) is 69.7 cm³/mol. The molecule has 0 atom stereocenters. The monoisotopic (exact) mass is 319 g/mol. The number of halogens is 1. The fraction of sp³-hybridized carbons (Fsp3) is 0.545. The van der Waals surface area contributed by atoms with Gasteiger partial charge in [0, 0.05) is 15.0 Å². The van der Waals surface area contributed by atoms with E-state index >= 15 is 0 Å². The van der Waals surface area contributed by atoms with Gasteiger partial charge in [-0.15, -0.1) is 11.8 Å². The molecule has 0 spiro atoms. The molecule has 0 radical (unpaired) electrons. The third kappa shape index (κ3) is 2.86. The highest BCUT2D eigenvalue weighted by Crippen LogP contribution is 2.34. The van der Waals surface area contributed by atoms with Gasteiger partial charge in [-0.2, -0.15) is 0 Å². The van der Waals surface area contributed by atoms with Gasteiger partial charge in [0.2, 0.25) is 0 Å². The molecule has 1 heterocycles. The molecular weight excluding hydrogens is 305 g/mol. The van der Waals surface area contributed by atoms with Crippen LogP contribution in [0, 0.1) is 3.57 Å². The number of hydrogen-bond acceptors (Lipinski definition) is 2. The van der Waals surface area contributed by atoms with Crippen LogP contribution >= 0.6 is 34.4 Å². The summed E-state index contributed by atoms with van der Waals surface area (Å²) in [6.07, 6.45) is 8.88. The molecule has 0 saturated heterocycles. The molecule has 3 heteroatoms. The van der Waals surface area contributed by atoms with Crippen molar-refractivity contribution in [1.29, 1.82) is 0 Å². The summed E-state index contributed by atoms with van der Waals surface area (Å²) in [4.78, 5) is 4.43. The number of rotatable bonds is 2. The van der Waals surface area contributed by atoms with E-state index < -0.39 is 0 Å². The van der Waals surface area contributed by atoms with E-state index in [0.717, 1.165) is 5.25 Å². The quantitative estimate of drug-likeness (QED) is 0.761. The SMILES string of the molecule is Ic1cccnc1SC1CCCCC1. The van der Waals surface area contributed by atoms with Crippen LogP contribution in [-0.4, -0.2) is 10.2 Å². The van der Waals surface area contributed by atoms with Crippen LogP contribution in [0.15, 0.2) is 23.4 Å². The van der Waals surface area contributed by atoms with Crippen molar-refractivity contribution in [3.8, 4) is 0 Å². The summed E-state index contributed by atoms with van der Waals surface area (Å²) in [5, 5.41) is 2.03. The fourth-order valence-electron chi connectivity index (χ4n) is 1.80. The minimum absolute atomic E-state index is 0.812. The highest BCUT2D eigenvalue weighted by molar-refractivity contribution is 14.1. The molecule has 14 heavy (non-hydrogen) atoms. The zero-order valence-corrected chi connectivity index (χ0v) is 11.1. The summed E-state index contributed by atoms with van der Waals surface area (Å²) in [6, 6.07) is 4.14. The Kier molecular flexibility index (Phi) is 4.10. The Morgan fingerprint density at radius 1 is 1.29 bits per heavy atom. The highest BCUT2D eigenvalue weighted by Gasteiger charge is 2.16. The molecule has 0 N–H and O–H groups in total. The first-order valence-corrected chi connectivity index (χ1v) is 7.09. The summed E-state index contributed by atoms with van der Waals surface area (Å²) in [5.74, 6) is 0. The molecule has 1 aliphatic rings. The second-order valence-corrected chi connectivity index (χ2v) is 6.12. The van der Waals surface area contributed by atoms with Gasteiger partial charge in [0.1, 0.15) is 5.03 Å². The van der Waals surface area contributed by atoms with Crippen LogP contribution in [0.25, 0.3) is 0 Å². The predicted octanol–water partition coefficient (Wildman–Crippen LogP) is 4.11. The molecule has 1 nitrogen and oxygen atoms in total. The van der Waals surface area contributed by atoms with Crippen LogP contribution in [0.5, 0.6) is 0 Å². The lowest BCUT2D eigenvalue weighted by Gasteiger charge is -2.20. The molecule has 0 unspecified atom stereocenters. The lowest BCUT2D eigenvalue weighted by molar-refractivity contribution is 0.515. The average molecular weight is 319 g/mol. The zero-order valence-electron chi connectivity index (χ0n) is 8.08. The topological polar surface area (TPSA) is 12.9 Å². The van der Waals surface area contributed by atoms with Crippen LogP contribution in [0.3, 0.4) is 0 Å². The lowest BCUT2D eigenvalue weighted by Crippen LogP contribution is -2.08. The lowest BCUT2D eigenvalue weighted by atomic mass is 10.0. The zero-order chi connectivity index (χ0) is 9.80. The molecule has 1 fully saturated rings. The number of hydrogen-bond donors (Lipinski definition) is 0. The van der Waals surface area contributed by atoms with E-state index in [2.05, 4.69) is 33.6 Å². The summed E-state index contributed by atoms with van der Waals surface area (Å²) in [7, 11) is 0. The van der Waals surface area contributed by atoms with Gasteiger partial charge in [-0.05, 0) is 47.6 Å². The van der Waals surface area contributed by atoms with Crippen LogP contribution in [0.2, 0.25) is 0 Å². The standard InChI is InChI=1S/C11H14INS/c12-10-7-4-8-13-11(10)14-9-5-2-1-3-6-9/h4,7-9H,1-3,5-6H2. The minimum Gasteiger partial charge on any atom is -0.249 e. The maximum Gasteiger partial charge on any atom is 0.110 e. The second-order valence-electron chi connectivity index (χ2n) is 3.67. The molecular formula is C11H14INS. The number of pyridine rings is 1. The van der Waals surface area contributed by atoms with Gasteiger partial charge in [0.05, 0.1) is 0 Å². The van der Waals surface area contributed by atoms with Crippen LogP contribution < -0.4 is 0 Å². The Labute approximate surface area is 103 Å². The summed E-state index contributed by atoms with van der Waals surface area (Å²) in [6.45, 7) is 0. The minimum atomic E-state index is 0.812. The first-order chi connectivity index (χ1) is 6.86. The maximum absolute atomic E-state index is 4.43. The number of nitrogens with zero attached hydrogens (tertiary/aromatic N) is 1. The van der Waals surface area contributed by atoms with Crippen molar-refractivity contribution in [1.82, 2.24) is 4.98 Å². The molecule has 1 aliphatic carbocycles. The van der Waals surface area contributed by atoms with Gasteiger partial charge in [0.25, 0.3) is 0 Å². The smallest absolute Gasteiger partial charge is 0.110 e. The van der Waals surface area contributed by atoms with Gasteiger partial charge in [-0.1, -0.05) is 19.3 Å². The van der Waals surface area contributed by atoms with Crippen LogP contribution in [0.1, 0.15) is 32.1 Å². The van der Waals surface area contributed by atoms with Crippen molar-refractivity contribution in [2.75, 3.05) is 0 Å². The first kappa shape index (κ1) is 10.7. The molecule has 1 aromatic heterocycles. The van der Waals surface area contributed by atoms with Crippen LogP contribution in [-0.2, 0) is 0 Å². The van der Waals surface area contributed by atoms with Crippen molar-refractivity contribution in [2.45, 2.75) is 42.4 Å². The molecule has 1 saturated carbocycles. The van der Waals surface area contributed by atoms with E-state index in [4.69, 9.17) is 0 Å². The highest BCUT2D eigenvalue weighted by atomic mass is 127. The molecule has 0 aliphatic heterocycles. The van der Waals surface area contributed by atoms with E-state index in [1.807, 2.05) is 24.0 Å². The normalized spacial score (nSPS) is 18.4. The van der Waals surface area contributed by atoms with Gasteiger partial charge in [0.15, 0.2) is 0 Å². The Morgan fingerprint density at radius 2 is 2.07 bits per heavy atom. The van der Waals surface area contributed by atoms with Crippen LogP contribution in [0.4, 0.5) is 0 Å². The van der Waals surface area contributed by atoms with E-state index in [9.17, 15) is 0 Å². The van der Waals surface area contributed by atoms with Gasteiger partial charge in [-0.25, -0.2) is 4.98 Å². The largest absolute Gasteiger partial charge is 0.249 e. The molecule has 0 bridgehead atoms. The second kappa shape index (κ2) is 5.35. The van der Waals surface area contributed by atoms with E-state index in [0.29, 0.717) is 0 Å². The molecule has 2 rings (SSSR count). The summed E-state index contributed by atoms with van der Waals surface area (Å²) < 4.78 is 1.29. The Morgan fingerprint density at radius 3 is 2.79 bits per heavy atom. The van der Waals surface area contributed by atoms with Crippen molar-refractivity contribution < 1.29 is 0 Å². The molecule has 1 aromatic rings. The van der Waals surface area contributed by atoms with Gasteiger partial charge in [-0.3, -0.25) is 0 Å². The van der Waals surface area contributed by atoms with E-state index in [-0.39, 0.29) is 0 Å². The van der Waals surface area contributed by atoms with Crippen molar-refractivity contribution in [3.05, 3.63) is 21.9 Å². The maximum atomic E-state index is 4.43. The Hall–Kier alpha value is 0.230. The van der Waals surface area contributed by atoms with E-state index in [1.165, 1.54) is 40.7 Å². The van der Waals surface area contributed by atoms with Crippen molar-refractivity contribution in [2.24, 2.45) is 0 Å². The first-order valence-electron chi connectivity index (χ1n) is 5.13. The average Bonchev–Trinajstić information content (AvgIpc) is 2.23. The third-order valence-corrected chi connectivity index (χ3v) is 5.15. The molecule has 76 valence electrons. The summed E-state index contributed by atoms with van der Waals surface area (Å²) in [5.41, 5.74) is 0. The fourth-order valence-corrected chi connectivity index (χ4v) is 3.71. The van der Waals surface area contributed by atoms with Crippen molar-refractivity contribution >= 4 is 34.4 Å². The summed E-state index contributed by atoms with van der Waals surface area (Å²) >= 11 is 4.35. The number of thioether (sulfide) groups is 1. The van der Waals surface area contributed by atoms with Gasteiger partial charge >= 0.3 is 0 Å². The molecule has 0 amide bonds.